The van der Waals surface area contributed by atoms with E-state index < -0.39 is 0 Å². The molecule has 252 valence electrons. The summed E-state index contributed by atoms with van der Waals surface area (Å²) >= 11 is 0. The lowest BCUT2D eigenvalue weighted by Crippen LogP contribution is -2.59. The molecule has 5 aliphatic rings. The van der Waals surface area contributed by atoms with Crippen LogP contribution in [-0.2, 0) is 31.2 Å². The van der Waals surface area contributed by atoms with Crippen molar-refractivity contribution >= 4 is 34.7 Å². The molecule has 7 heterocycles. The standard InChI is InChI=1S/C37H40N8O4/c1-21-18-42(24-19-49-20-24)9-10-43(21)23-5-6-30(39-17-23)40-27-14-26-25-7-8-38-34(31(25)33(46)32(26)41(4)35(27)47)45-12-11-44-28(36(45)48)13-22-15-37(2,3)16-29(22)44/h5-8,13-14,17,21,24H,9-12,15-16,18-20H2,1-4H3,(H,39,40)/t21-/m0/s1. The zero-order valence-corrected chi connectivity index (χ0v) is 28.3. The monoisotopic (exact) mass is 660 g/mol. The second-order valence-corrected chi connectivity index (χ2v) is 15.0. The molecule has 9 rings (SSSR count). The number of aromatic nitrogens is 4. The van der Waals surface area contributed by atoms with E-state index in [1.54, 1.807) is 30.3 Å². The van der Waals surface area contributed by atoms with Crippen LogP contribution in [-0.4, -0.2) is 87.2 Å². The summed E-state index contributed by atoms with van der Waals surface area (Å²) in [5.74, 6) is 0.416. The lowest BCUT2D eigenvalue weighted by atomic mass is 9.90. The summed E-state index contributed by atoms with van der Waals surface area (Å²) in [5.41, 5.74) is 6.26. The highest BCUT2D eigenvalue weighted by molar-refractivity contribution is 6.24. The normalized spacial score (nSPS) is 21.3. The number of hydrogen-bond acceptors (Lipinski definition) is 9. The second kappa shape index (κ2) is 10.8. The molecule has 0 spiro atoms. The third-order valence-electron chi connectivity index (χ3n) is 11.1. The van der Waals surface area contributed by atoms with Gasteiger partial charge in [-0.3, -0.25) is 24.2 Å². The van der Waals surface area contributed by atoms with Crippen molar-refractivity contribution in [2.24, 2.45) is 12.5 Å². The van der Waals surface area contributed by atoms with Gasteiger partial charge in [0.15, 0.2) is 0 Å². The molecular formula is C37H40N8O4. The SMILES string of the molecule is C[C@H]1CN(C2COC2)CCN1c1ccc(Nc2cc3c(n(C)c2=O)C(=O)c2c-3ccnc2N2CCn3c(cc4c3CC(C)(C)C4)C2=O)nc1. The Kier molecular flexibility index (Phi) is 6.70. The van der Waals surface area contributed by atoms with E-state index in [1.165, 1.54) is 15.8 Å². The molecule has 49 heavy (non-hydrogen) atoms. The van der Waals surface area contributed by atoms with Crippen LogP contribution in [0.3, 0.4) is 0 Å². The van der Waals surface area contributed by atoms with E-state index in [0.29, 0.717) is 70.6 Å². The predicted molar refractivity (Wildman–Crippen MR) is 186 cm³/mol. The van der Waals surface area contributed by atoms with Gasteiger partial charge in [0, 0.05) is 68.8 Å². The van der Waals surface area contributed by atoms with Crippen LogP contribution < -0.4 is 20.7 Å². The van der Waals surface area contributed by atoms with Crippen LogP contribution in [0, 0.1) is 5.41 Å². The molecule has 12 heteroatoms. The highest BCUT2D eigenvalue weighted by atomic mass is 16.5. The van der Waals surface area contributed by atoms with Crippen molar-refractivity contribution in [3.63, 3.8) is 0 Å². The van der Waals surface area contributed by atoms with E-state index in [1.807, 2.05) is 24.4 Å². The molecule has 3 aliphatic heterocycles. The Balaban J connectivity index is 0.982. The van der Waals surface area contributed by atoms with Crippen LogP contribution >= 0.6 is 0 Å². The number of piperazine rings is 1. The minimum absolute atomic E-state index is 0.155. The van der Waals surface area contributed by atoms with Gasteiger partial charge in [-0.2, -0.15) is 0 Å². The number of fused-ring (bicyclic) bond motifs is 6. The molecule has 1 atom stereocenters. The fourth-order valence-corrected chi connectivity index (χ4v) is 8.54. The van der Waals surface area contributed by atoms with Crippen molar-refractivity contribution in [2.45, 2.75) is 52.2 Å². The van der Waals surface area contributed by atoms with Gasteiger partial charge in [-0.05, 0) is 61.1 Å². The Morgan fingerprint density at radius 3 is 2.53 bits per heavy atom. The third-order valence-corrected chi connectivity index (χ3v) is 11.1. The van der Waals surface area contributed by atoms with E-state index in [2.05, 4.69) is 50.4 Å². The van der Waals surface area contributed by atoms with Crippen molar-refractivity contribution in [3.05, 3.63) is 81.3 Å². The Bertz CT molecular complexity index is 2110. The van der Waals surface area contributed by atoms with Crippen LogP contribution in [0.5, 0.6) is 0 Å². The van der Waals surface area contributed by atoms with Gasteiger partial charge in [0.2, 0.25) is 5.78 Å². The average molecular weight is 661 g/mol. The Hall–Kier alpha value is -4.81. The van der Waals surface area contributed by atoms with Crippen LogP contribution in [0.1, 0.15) is 58.6 Å². The van der Waals surface area contributed by atoms with Gasteiger partial charge in [-0.25, -0.2) is 9.97 Å². The molecule has 0 aromatic carbocycles. The van der Waals surface area contributed by atoms with Crippen molar-refractivity contribution in [1.29, 1.82) is 0 Å². The number of hydrogen-bond donors (Lipinski definition) is 1. The topological polar surface area (TPSA) is 118 Å². The van der Waals surface area contributed by atoms with Crippen molar-refractivity contribution in [2.75, 3.05) is 54.5 Å². The summed E-state index contributed by atoms with van der Waals surface area (Å²) in [6.45, 7) is 12.3. The van der Waals surface area contributed by atoms with Crippen LogP contribution in [0.2, 0.25) is 0 Å². The predicted octanol–water partition coefficient (Wildman–Crippen LogP) is 3.63. The minimum Gasteiger partial charge on any atom is -0.378 e. The first kappa shape index (κ1) is 30.3. The van der Waals surface area contributed by atoms with Gasteiger partial charge < -0.3 is 24.1 Å². The molecule has 4 aromatic rings. The molecule has 2 fully saturated rings. The molecule has 0 unspecified atom stereocenters. The first-order valence-corrected chi connectivity index (χ1v) is 17.2. The number of carbonyl (C=O) groups excluding carboxylic acids is 2. The molecule has 12 nitrogen and oxygen atoms in total. The number of nitrogens with one attached hydrogen (secondary N) is 1. The zero-order valence-electron chi connectivity index (χ0n) is 28.3. The van der Waals surface area contributed by atoms with Crippen LogP contribution in [0.25, 0.3) is 11.1 Å². The van der Waals surface area contributed by atoms with Gasteiger partial charge in [-0.15, -0.1) is 0 Å². The number of ketones is 1. The molecule has 2 aliphatic carbocycles. The maximum atomic E-state index is 14.0. The second-order valence-electron chi connectivity index (χ2n) is 15.0. The van der Waals surface area contributed by atoms with Gasteiger partial charge >= 0.3 is 0 Å². The summed E-state index contributed by atoms with van der Waals surface area (Å²) in [4.78, 5) is 57.3. The fraction of sp³-hybridized carbons (Fsp3) is 0.432. The highest BCUT2D eigenvalue weighted by Gasteiger charge is 2.40. The molecule has 1 amide bonds. The maximum Gasteiger partial charge on any atom is 0.276 e. The largest absolute Gasteiger partial charge is 0.378 e. The van der Waals surface area contributed by atoms with E-state index in [9.17, 15) is 14.4 Å². The Morgan fingerprint density at radius 1 is 0.959 bits per heavy atom. The molecule has 4 aromatic heterocycles. The highest BCUT2D eigenvalue weighted by Crippen LogP contribution is 2.43. The Labute approximate surface area is 284 Å². The van der Waals surface area contributed by atoms with Crippen LogP contribution in [0.4, 0.5) is 23.0 Å². The maximum absolute atomic E-state index is 14.0. The first-order chi connectivity index (χ1) is 23.6. The number of pyridine rings is 3. The van der Waals surface area contributed by atoms with Gasteiger partial charge in [-0.1, -0.05) is 13.8 Å². The molecule has 0 saturated carbocycles. The minimum atomic E-state index is -0.339. The smallest absolute Gasteiger partial charge is 0.276 e. The van der Waals surface area contributed by atoms with E-state index in [4.69, 9.17) is 4.74 Å². The number of amides is 1. The van der Waals surface area contributed by atoms with Gasteiger partial charge in [0.1, 0.15) is 28.7 Å². The van der Waals surface area contributed by atoms with Crippen molar-refractivity contribution in [1.82, 2.24) is 24.0 Å². The molecule has 0 bridgehead atoms. The fourth-order valence-electron chi connectivity index (χ4n) is 8.54. The molecular weight excluding hydrogens is 620 g/mol. The van der Waals surface area contributed by atoms with Crippen molar-refractivity contribution < 1.29 is 14.3 Å². The number of carbonyl (C=O) groups is 2. The quantitative estimate of drug-likeness (QED) is 0.302. The van der Waals surface area contributed by atoms with Gasteiger partial charge in [0.05, 0.1) is 36.7 Å². The average Bonchev–Trinajstić information content (AvgIpc) is 3.65. The number of rotatable bonds is 5. The van der Waals surface area contributed by atoms with Gasteiger partial charge in [0.25, 0.3) is 11.5 Å². The zero-order chi connectivity index (χ0) is 33.8. The summed E-state index contributed by atoms with van der Waals surface area (Å²) in [6.07, 6.45) is 5.37. The lowest BCUT2D eigenvalue weighted by molar-refractivity contribution is -0.0691. The van der Waals surface area contributed by atoms with E-state index in [-0.39, 0.29) is 22.7 Å². The number of anilines is 4. The number of nitrogens with zero attached hydrogens (tertiary/aromatic N) is 7. The molecule has 0 radical (unpaired) electrons. The van der Waals surface area contributed by atoms with E-state index >= 15 is 0 Å². The molecule has 2 saturated heterocycles. The van der Waals surface area contributed by atoms with E-state index in [0.717, 1.165) is 51.4 Å². The number of ether oxygens (including phenoxy) is 1. The summed E-state index contributed by atoms with van der Waals surface area (Å²) in [5, 5.41) is 3.21. The lowest BCUT2D eigenvalue weighted by Gasteiger charge is -2.46. The van der Waals surface area contributed by atoms with Crippen molar-refractivity contribution in [3.8, 4) is 11.1 Å². The first-order valence-electron chi connectivity index (χ1n) is 17.2. The summed E-state index contributed by atoms with van der Waals surface area (Å²) < 4.78 is 8.93. The summed E-state index contributed by atoms with van der Waals surface area (Å²) in [6, 6.07) is 10.3. The Morgan fingerprint density at radius 2 is 1.80 bits per heavy atom. The summed E-state index contributed by atoms with van der Waals surface area (Å²) in [7, 11) is 1.61. The molecule has 1 N–H and O–H groups in total. The van der Waals surface area contributed by atoms with Crippen LogP contribution in [0.15, 0.2) is 47.5 Å². The third kappa shape index (κ3) is 4.68.